The van der Waals surface area contributed by atoms with Crippen molar-refractivity contribution in [3.05, 3.63) is 0 Å². The van der Waals surface area contributed by atoms with Crippen LogP contribution >= 0.6 is 0 Å². The highest BCUT2D eigenvalue weighted by Crippen LogP contribution is 2.10. The summed E-state index contributed by atoms with van der Waals surface area (Å²) in [5, 5.41) is 3.48. The van der Waals surface area contributed by atoms with Crippen LogP contribution in [0.4, 0.5) is 0 Å². The molecule has 18 heavy (non-hydrogen) atoms. The van der Waals surface area contributed by atoms with Crippen molar-refractivity contribution in [3.8, 4) is 0 Å². The summed E-state index contributed by atoms with van der Waals surface area (Å²) in [6, 6.07) is 0.590. The van der Waals surface area contributed by atoms with E-state index in [4.69, 9.17) is 0 Å². The maximum absolute atomic E-state index is 12.2. The Balaban J connectivity index is 1.71. The van der Waals surface area contributed by atoms with Crippen LogP contribution < -0.4 is 5.32 Å². The highest BCUT2D eigenvalue weighted by atomic mass is 16.2. The molecule has 0 saturated carbocycles. The number of nitrogens with zero attached hydrogens (tertiary/aromatic N) is 2. The molecule has 1 N–H and O–H groups in total. The summed E-state index contributed by atoms with van der Waals surface area (Å²) in [6.07, 6.45) is 7.46. The molecule has 1 atom stereocenters. The molecule has 1 unspecified atom stereocenters. The summed E-state index contributed by atoms with van der Waals surface area (Å²) in [7, 11) is 2.07. The minimum Gasteiger partial charge on any atom is -0.342 e. The van der Waals surface area contributed by atoms with Gasteiger partial charge in [0.25, 0.3) is 0 Å². The predicted octanol–water partition coefficient (Wildman–Crippen LogP) is 1.07. The number of carbonyl (C=O) groups is 1. The monoisotopic (exact) mass is 253 g/mol. The number of nitrogens with one attached hydrogen (secondary N) is 1. The average molecular weight is 253 g/mol. The number of amides is 1. The van der Waals surface area contributed by atoms with E-state index in [0.29, 0.717) is 18.5 Å². The summed E-state index contributed by atoms with van der Waals surface area (Å²) in [5.41, 5.74) is 0. The molecule has 2 saturated heterocycles. The van der Waals surface area contributed by atoms with Crippen molar-refractivity contribution in [1.82, 2.24) is 15.1 Å². The summed E-state index contributed by atoms with van der Waals surface area (Å²) in [5.74, 6) is 0.317. The fourth-order valence-corrected chi connectivity index (χ4v) is 3.00. The molecule has 0 spiro atoms. The van der Waals surface area contributed by atoms with Crippen LogP contribution in [0.15, 0.2) is 0 Å². The van der Waals surface area contributed by atoms with Crippen LogP contribution in [-0.4, -0.2) is 61.5 Å². The molecule has 0 aromatic rings. The number of rotatable bonds is 4. The largest absolute Gasteiger partial charge is 0.342 e. The lowest BCUT2D eigenvalue weighted by molar-refractivity contribution is -0.132. The SMILES string of the molecule is CN(CC(=O)N1CCCCCC1)CC1CCCN1. The fourth-order valence-electron chi connectivity index (χ4n) is 3.00. The zero-order chi connectivity index (χ0) is 12.8. The van der Waals surface area contributed by atoms with Gasteiger partial charge in [-0.3, -0.25) is 9.69 Å². The Kier molecular flexibility index (Phi) is 5.45. The first kappa shape index (κ1) is 13.8. The van der Waals surface area contributed by atoms with E-state index < -0.39 is 0 Å². The Hall–Kier alpha value is -0.610. The van der Waals surface area contributed by atoms with Gasteiger partial charge in [-0.05, 0) is 39.3 Å². The van der Waals surface area contributed by atoms with Gasteiger partial charge in [0.15, 0.2) is 0 Å². The minimum absolute atomic E-state index is 0.317. The minimum atomic E-state index is 0.317. The van der Waals surface area contributed by atoms with Gasteiger partial charge in [-0.2, -0.15) is 0 Å². The van der Waals surface area contributed by atoms with Crippen LogP contribution in [0.3, 0.4) is 0 Å². The van der Waals surface area contributed by atoms with Crippen molar-refractivity contribution in [1.29, 1.82) is 0 Å². The van der Waals surface area contributed by atoms with E-state index in [0.717, 1.165) is 26.2 Å². The van der Waals surface area contributed by atoms with Crippen LogP contribution in [-0.2, 0) is 4.79 Å². The van der Waals surface area contributed by atoms with Gasteiger partial charge in [-0.1, -0.05) is 12.8 Å². The second-order valence-corrected chi connectivity index (χ2v) is 5.79. The second kappa shape index (κ2) is 7.10. The van der Waals surface area contributed by atoms with Crippen molar-refractivity contribution < 1.29 is 4.79 Å². The Morgan fingerprint density at radius 3 is 2.56 bits per heavy atom. The Morgan fingerprint density at radius 2 is 1.94 bits per heavy atom. The van der Waals surface area contributed by atoms with Crippen LogP contribution in [0, 0.1) is 0 Å². The molecule has 0 radical (unpaired) electrons. The Labute approximate surface area is 111 Å². The van der Waals surface area contributed by atoms with E-state index in [1.807, 2.05) is 0 Å². The molecule has 4 nitrogen and oxygen atoms in total. The normalized spacial score (nSPS) is 25.4. The molecule has 2 heterocycles. The predicted molar refractivity (Wildman–Crippen MR) is 73.6 cm³/mol. The van der Waals surface area contributed by atoms with E-state index >= 15 is 0 Å². The van der Waals surface area contributed by atoms with Crippen LogP contribution in [0.25, 0.3) is 0 Å². The average Bonchev–Trinajstić information content (AvgIpc) is 2.68. The number of likely N-dealkylation sites (tertiary alicyclic amines) is 1. The molecule has 0 aromatic heterocycles. The van der Waals surface area contributed by atoms with Gasteiger partial charge in [0.1, 0.15) is 0 Å². The lowest BCUT2D eigenvalue weighted by Crippen LogP contribution is -2.43. The van der Waals surface area contributed by atoms with Gasteiger partial charge in [0, 0.05) is 25.7 Å². The van der Waals surface area contributed by atoms with E-state index in [1.165, 1.54) is 38.5 Å². The topological polar surface area (TPSA) is 35.6 Å². The van der Waals surface area contributed by atoms with Gasteiger partial charge in [0.2, 0.25) is 5.91 Å². The summed E-state index contributed by atoms with van der Waals surface area (Å²) in [4.78, 5) is 16.4. The summed E-state index contributed by atoms with van der Waals surface area (Å²) in [6.45, 7) is 4.65. The maximum atomic E-state index is 12.2. The second-order valence-electron chi connectivity index (χ2n) is 5.79. The van der Waals surface area contributed by atoms with Crippen LogP contribution in [0.5, 0.6) is 0 Å². The third-order valence-corrected chi connectivity index (χ3v) is 4.06. The lowest BCUT2D eigenvalue weighted by atomic mass is 10.2. The van der Waals surface area contributed by atoms with E-state index in [9.17, 15) is 4.79 Å². The van der Waals surface area contributed by atoms with Crippen molar-refractivity contribution >= 4 is 5.91 Å². The zero-order valence-electron chi connectivity index (χ0n) is 11.7. The van der Waals surface area contributed by atoms with Crippen molar-refractivity contribution in [2.24, 2.45) is 0 Å². The number of likely N-dealkylation sites (N-methyl/N-ethyl adjacent to an activating group) is 1. The van der Waals surface area contributed by atoms with E-state index in [-0.39, 0.29) is 0 Å². The molecule has 2 fully saturated rings. The van der Waals surface area contributed by atoms with Crippen molar-refractivity contribution in [3.63, 3.8) is 0 Å². The van der Waals surface area contributed by atoms with Gasteiger partial charge < -0.3 is 10.2 Å². The molecule has 2 aliphatic rings. The van der Waals surface area contributed by atoms with Gasteiger partial charge in [-0.25, -0.2) is 0 Å². The highest BCUT2D eigenvalue weighted by Gasteiger charge is 2.20. The maximum Gasteiger partial charge on any atom is 0.236 e. The Morgan fingerprint density at radius 1 is 1.22 bits per heavy atom. The van der Waals surface area contributed by atoms with Crippen LogP contribution in [0.1, 0.15) is 38.5 Å². The van der Waals surface area contributed by atoms with Crippen LogP contribution in [0.2, 0.25) is 0 Å². The third kappa shape index (κ3) is 4.25. The first-order valence-corrected chi connectivity index (χ1v) is 7.45. The van der Waals surface area contributed by atoms with Crippen molar-refractivity contribution in [2.45, 2.75) is 44.6 Å². The molecule has 0 bridgehead atoms. The standard InChI is InChI=1S/C14H27N3O/c1-16(11-13-7-6-8-15-13)12-14(18)17-9-4-2-3-5-10-17/h13,15H,2-12H2,1H3. The number of hydrogen-bond acceptors (Lipinski definition) is 3. The molecular formula is C14H27N3O. The fraction of sp³-hybridized carbons (Fsp3) is 0.929. The number of carbonyl (C=O) groups excluding carboxylic acids is 1. The van der Waals surface area contributed by atoms with E-state index in [2.05, 4.69) is 22.2 Å². The molecule has 2 rings (SSSR count). The smallest absolute Gasteiger partial charge is 0.236 e. The Bertz CT molecular complexity index is 256. The third-order valence-electron chi connectivity index (χ3n) is 4.06. The summed E-state index contributed by atoms with van der Waals surface area (Å²) < 4.78 is 0. The molecule has 1 amide bonds. The van der Waals surface area contributed by atoms with Crippen molar-refractivity contribution in [2.75, 3.05) is 39.8 Å². The highest BCUT2D eigenvalue weighted by molar-refractivity contribution is 5.78. The van der Waals surface area contributed by atoms with Gasteiger partial charge >= 0.3 is 0 Å². The first-order valence-electron chi connectivity index (χ1n) is 7.45. The molecule has 2 aliphatic heterocycles. The first-order chi connectivity index (χ1) is 8.75. The number of hydrogen-bond donors (Lipinski definition) is 1. The summed E-state index contributed by atoms with van der Waals surface area (Å²) >= 11 is 0. The molecular weight excluding hydrogens is 226 g/mol. The zero-order valence-corrected chi connectivity index (χ0v) is 11.7. The quantitative estimate of drug-likeness (QED) is 0.814. The van der Waals surface area contributed by atoms with E-state index in [1.54, 1.807) is 0 Å². The molecule has 4 heteroatoms. The van der Waals surface area contributed by atoms with Gasteiger partial charge in [-0.15, -0.1) is 0 Å². The lowest BCUT2D eigenvalue weighted by Gasteiger charge is -2.25. The molecule has 0 aromatic carbocycles. The van der Waals surface area contributed by atoms with Gasteiger partial charge in [0.05, 0.1) is 6.54 Å². The molecule has 0 aliphatic carbocycles. The molecule has 104 valence electrons.